The average molecular weight is 350 g/mol. The molecule has 0 amide bonds. The van der Waals surface area contributed by atoms with E-state index in [9.17, 15) is 0 Å². The minimum atomic E-state index is 0.473. The molecule has 1 saturated carbocycles. The number of anilines is 2. The standard InChI is InChI=1S/C18H22N8/c1-10-5-15(20-18-17(10)21-23-26(18)4)16-7-14(22-25(16)3)13-6-12(13)11-8-19-24(2)9-11/h5,7-9,12-13,21,23H,6H2,1-4H3. The van der Waals surface area contributed by atoms with Gasteiger partial charge >= 0.3 is 0 Å². The largest absolute Gasteiger partial charge is 0.300 e. The summed E-state index contributed by atoms with van der Waals surface area (Å²) in [7, 11) is 5.90. The van der Waals surface area contributed by atoms with Gasteiger partial charge in [-0.15, -0.1) is 5.53 Å². The third-order valence-electron chi connectivity index (χ3n) is 5.35. The molecule has 4 heterocycles. The summed E-state index contributed by atoms with van der Waals surface area (Å²) in [4.78, 5) is 4.83. The second kappa shape index (κ2) is 5.31. The highest BCUT2D eigenvalue weighted by molar-refractivity contribution is 5.76. The second-order valence-electron chi connectivity index (χ2n) is 7.29. The van der Waals surface area contributed by atoms with E-state index in [1.807, 2.05) is 41.7 Å². The molecule has 5 rings (SSSR count). The molecular formula is C18H22N8. The molecule has 0 spiro atoms. The van der Waals surface area contributed by atoms with Gasteiger partial charge in [0, 0.05) is 33.3 Å². The fourth-order valence-electron chi connectivity index (χ4n) is 3.81. The Hall–Kier alpha value is -2.87. The van der Waals surface area contributed by atoms with E-state index in [1.54, 1.807) is 0 Å². The fourth-order valence-corrected chi connectivity index (χ4v) is 3.81. The number of fused-ring (bicyclic) bond motifs is 1. The molecule has 134 valence electrons. The molecule has 2 aliphatic rings. The summed E-state index contributed by atoms with van der Waals surface area (Å²) >= 11 is 0. The van der Waals surface area contributed by atoms with Crippen molar-refractivity contribution < 1.29 is 0 Å². The van der Waals surface area contributed by atoms with E-state index in [4.69, 9.17) is 10.1 Å². The number of hydrogen-bond acceptors (Lipinski definition) is 6. The first-order valence-electron chi connectivity index (χ1n) is 8.81. The zero-order valence-corrected chi connectivity index (χ0v) is 15.4. The van der Waals surface area contributed by atoms with Crippen LogP contribution in [0.1, 0.15) is 35.1 Å². The van der Waals surface area contributed by atoms with Crippen LogP contribution in [-0.4, -0.2) is 31.6 Å². The van der Waals surface area contributed by atoms with Crippen LogP contribution in [0.2, 0.25) is 0 Å². The molecular weight excluding hydrogens is 328 g/mol. The third kappa shape index (κ3) is 2.29. The van der Waals surface area contributed by atoms with Crippen molar-refractivity contribution in [3.05, 3.63) is 41.3 Å². The van der Waals surface area contributed by atoms with E-state index in [0.717, 1.165) is 40.6 Å². The van der Waals surface area contributed by atoms with E-state index in [2.05, 4.69) is 41.3 Å². The van der Waals surface area contributed by atoms with E-state index >= 15 is 0 Å². The number of hydrazine groups is 2. The van der Waals surface area contributed by atoms with Crippen LogP contribution in [0.3, 0.4) is 0 Å². The van der Waals surface area contributed by atoms with Crippen LogP contribution >= 0.6 is 0 Å². The predicted octanol–water partition coefficient (Wildman–Crippen LogP) is 2.08. The van der Waals surface area contributed by atoms with Crippen molar-refractivity contribution in [1.82, 2.24) is 30.1 Å². The van der Waals surface area contributed by atoms with Crippen LogP contribution < -0.4 is 16.0 Å². The first-order valence-corrected chi connectivity index (χ1v) is 8.81. The van der Waals surface area contributed by atoms with Gasteiger partial charge in [0.2, 0.25) is 0 Å². The number of nitrogens with one attached hydrogen (secondary N) is 2. The van der Waals surface area contributed by atoms with Gasteiger partial charge in [0.1, 0.15) is 0 Å². The number of pyridine rings is 1. The van der Waals surface area contributed by atoms with Crippen molar-refractivity contribution in [3.8, 4) is 11.4 Å². The molecule has 0 saturated heterocycles. The lowest BCUT2D eigenvalue weighted by molar-refractivity contribution is 0.744. The molecule has 3 aromatic heterocycles. The lowest BCUT2D eigenvalue weighted by Crippen LogP contribution is -2.32. The lowest BCUT2D eigenvalue weighted by atomic mass is 10.1. The van der Waals surface area contributed by atoms with Gasteiger partial charge in [-0.1, -0.05) is 0 Å². The number of aryl methyl sites for hydroxylation is 3. The summed E-state index contributed by atoms with van der Waals surface area (Å²) in [6, 6.07) is 4.30. The Kier molecular flexibility index (Phi) is 3.14. The molecule has 1 aliphatic heterocycles. The minimum Gasteiger partial charge on any atom is -0.300 e. The van der Waals surface area contributed by atoms with Crippen LogP contribution in [0.4, 0.5) is 11.5 Å². The number of hydrogen-bond donors (Lipinski definition) is 2. The molecule has 8 nitrogen and oxygen atoms in total. The average Bonchev–Trinajstić information content (AvgIpc) is 2.91. The van der Waals surface area contributed by atoms with Gasteiger partial charge in [0.15, 0.2) is 5.82 Å². The molecule has 8 heteroatoms. The van der Waals surface area contributed by atoms with Crippen molar-refractivity contribution in [1.29, 1.82) is 0 Å². The zero-order valence-electron chi connectivity index (χ0n) is 15.4. The Morgan fingerprint density at radius 2 is 2.00 bits per heavy atom. The van der Waals surface area contributed by atoms with Crippen molar-refractivity contribution in [2.45, 2.75) is 25.2 Å². The lowest BCUT2D eigenvalue weighted by Gasteiger charge is -2.10. The molecule has 0 bridgehead atoms. The highest BCUT2D eigenvalue weighted by Crippen LogP contribution is 2.54. The highest BCUT2D eigenvalue weighted by atomic mass is 15.7. The van der Waals surface area contributed by atoms with Crippen LogP contribution in [-0.2, 0) is 14.1 Å². The molecule has 26 heavy (non-hydrogen) atoms. The quantitative estimate of drug-likeness (QED) is 0.753. The minimum absolute atomic E-state index is 0.473. The van der Waals surface area contributed by atoms with Gasteiger partial charge in [-0.3, -0.25) is 19.8 Å². The van der Waals surface area contributed by atoms with Gasteiger partial charge in [-0.25, -0.2) is 4.98 Å². The number of aromatic nitrogens is 5. The van der Waals surface area contributed by atoms with Crippen LogP contribution in [0.5, 0.6) is 0 Å². The van der Waals surface area contributed by atoms with Gasteiger partial charge in [0.05, 0.1) is 29.0 Å². The Labute approximate surface area is 151 Å². The molecule has 0 aromatic carbocycles. The molecule has 0 radical (unpaired) electrons. The maximum absolute atomic E-state index is 4.83. The number of nitrogens with zero attached hydrogens (tertiary/aromatic N) is 6. The summed E-state index contributed by atoms with van der Waals surface area (Å²) in [5.74, 6) is 1.91. The summed E-state index contributed by atoms with van der Waals surface area (Å²) in [6.07, 6.45) is 5.21. The molecule has 1 fully saturated rings. The molecule has 3 aromatic rings. The van der Waals surface area contributed by atoms with Gasteiger partial charge in [-0.2, -0.15) is 10.2 Å². The van der Waals surface area contributed by atoms with E-state index in [-0.39, 0.29) is 0 Å². The van der Waals surface area contributed by atoms with E-state index < -0.39 is 0 Å². The molecule has 1 aliphatic carbocycles. The second-order valence-corrected chi connectivity index (χ2v) is 7.29. The van der Waals surface area contributed by atoms with E-state index in [0.29, 0.717) is 11.8 Å². The van der Waals surface area contributed by atoms with Crippen molar-refractivity contribution in [3.63, 3.8) is 0 Å². The van der Waals surface area contributed by atoms with Crippen LogP contribution in [0.25, 0.3) is 11.4 Å². The maximum atomic E-state index is 4.83. The topological polar surface area (TPSA) is 75.8 Å². The fraction of sp³-hybridized carbons (Fsp3) is 0.389. The Bertz CT molecular complexity index is 1000. The van der Waals surface area contributed by atoms with Gasteiger partial charge in [-0.05, 0) is 42.5 Å². The van der Waals surface area contributed by atoms with Crippen LogP contribution in [0, 0.1) is 6.92 Å². The van der Waals surface area contributed by atoms with Crippen molar-refractivity contribution in [2.24, 2.45) is 14.1 Å². The summed E-state index contributed by atoms with van der Waals surface area (Å²) < 4.78 is 3.81. The SMILES string of the molecule is Cc1cc(-c2cc(C3CC3c3cnn(C)c3)nn2C)nc2c1NNN2C. The predicted molar refractivity (Wildman–Crippen MR) is 99.6 cm³/mol. The first kappa shape index (κ1) is 15.4. The third-order valence-corrected chi connectivity index (χ3v) is 5.35. The first-order chi connectivity index (χ1) is 12.5. The number of rotatable bonds is 3. The molecule has 2 N–H and O–H groups in total. The van der Waals surface area contributed by atoms with Crippen LogP contribution in [0.15, 0.2) is 24.5 Å². The highest BCUT2D eigenvalue weighted by Gasteiger charge is 2.42. The monoisotopic (exact) mass is 350 g/mol. The summed E-state index contributed by atoms with van der Waals surface area (Å²) in [5, 5.41) is 11.0. The molecule has 2 unspecified atom stereocenters. The Morgan fingerprint density at radius 1 is 1.15 bits per heavy atom. The summed E-state index contributed by atoms with van der Waals surface area (Å²) in [5.41, 5.74) is 12.8. The van der Waals surface area contributed by atoms with Gasteiger partial charge < -0.3 is 0 Å². The van der Waals surface area contributed by atoms with Crippen molar-refractivity contribution in [2.75, 3.05) is 17.5 Å². The van der Waals surface area contributed by atoms with Gasteiger partial charge in [0.25, 0.3) is 0 Å². The smallest absolute Gasteiger partial charge is 0.169 e. The summed E-state index contributed by atoms with van der Waals surface area (Å²) in [6.45, 7) is 2.09. The Morgan fingerprint density at radius 3 is 2.77 bits per heavy atom. The molecule has 2 atom stereocenters. The maximum Gasteiger partial charge on any atom is 0.169 e. The van der Waals surface area contributed by atoms with E-state index in [1.165, 1.54) is 5.56 Å². The zero-order chi connectivity index (χ0) is 18.0. The van der Waals surface area contributed by atoms with Crippen molar-refractivity contribution >= 4 is 11.5 Å². The normalized spacial score (nSPS) is 21.0. The Balaban J connectivity index is 1.47.